The lowest BCUT2D eigenvalue weighted by atomic mass is 10.1. The van der Waals surface area contributed by atoms with Gasteiger partial charge in [-0.05, 0) is 51.3 Å². The van der Waals surface area contributed by atoms with Crippen LogP contribution < -0.4 is 10.7 Å². The van der Waals surface area contributed by atoms with Crippen LogP contribution in [0.15, 0.2) is 38.0 Å². The van der Waals surface area contributed by atoms with Gasteiger partial charge < -0.3 is 14.3 Å². The Morgan fingerprint density at radius 2 is 2.00 bits per heavy atom. The fourth-order valence-electron chi connectivity index (χ4n) is 2.79. The number of carbonyl (C=O) groups is 1. The molecule has 25 heavy (non-hydrogen) atoms. The standard InChI is InChI=1S/C19H20N2O4/c1-11-6-7-15-16(22)10-18(24-17(15)9-11)19(23)20-8-4-5-14-12(2)21-25-13(14)3/h6-7,9-10H,4-5,8H2,1-3H3,(H,20,23). The molecule has 3 rings (SSSR count). The summed E-state index contributed by atoms with van der Waals surface area (Å²) in [6.45, 7) is 6.15. The number of benzene rings is 1. The first-order chi connectivity index (χ1) is 12.0. The van der Waals surface area contributed by atoms with Crippen LogP contribution in [0.2, 0.25) is 0 Å². The lowest BCUT2D eigenvalue weighted by Gasteiger charge is -2.06. The van der Waals surface area contributed by atoms with Gasteiger partial charge in [0.2, 0.25) is 0 Å². The highest BCUT2D eigenvalue weighted by atomic mass is 16.5. The number of hydrogen-bond donors (Lipinski definition) is 1. The molecule has 0 atom stereocenters. The van der Waals surface area contributed by atoms with Crippen molar-refractivity contribution in [2.75, 3.05) is 6.54 Å². The Morgan fingerprint density at radius 3 is 2.72 bits per heavy atom. The fourth-order valence-corrected chi connectivity index (χ4v) is 2.79. The highest BCUT2D eigenvalue weighted by molar-refractivity contribution is 5.93. The summed E-state index contributed by atoms with van der Waals surface area (Å²) in [4.78, 5) is 24.4. The monoisotopic (exact) mass is 340 g/mol. The molecule has 2 aromatic heterocycles. The molecule has 2 heterocycles. The van der Waals surface area contributed by atoms with Crippen molar-refractivity contribution in [2.45, 2.75) is 33.6 Å². The van der Waals surface area contributed by atoms with Gasteiger partial charge in [-0.2, -0.15) is 0 Å². The molecule has 0 aliphatic carbocycles. The molecule has 1 aromatic carbocycles. The number of carbonyl (C=O) groups excluding carboxylic acids is 1. The van der Waals surface area contributed by atoms with Crippen molar-refractivity contribution in [1.29, 1.82) is 0 Å². The predicted octanol–water partition coefficient (Wildman–Crippen LogP) is 3.07. The number of aryl methyl sites for hydroxylation is 3. The molecule has 3 aromatic rings. The van der Waals surface area contributed by atoms with E-state index in [2.05, 4.69) is 10.5 Å². The Labute approximate surface area is 144 Å². The van der Waals surface area contributed by atoms with E-state index in [-0.39, 0.29) is 17.1 Å². The van der Waals surface area contributed by atoms with E-state index in [1.54, 1.807) is 12.1 Å². The van der Waals surface area contributed by atoms with Gasteiger partial charge >= 0.3 is 0 Å². The maximum atomic E-state index is 12.2. The largest absolute Gasteiger partial charge is 0.451 e. The van der Waals surface area contributed by atoms with Crippen molar-refractivity contribution in [1.82, 2.24) is 10.5 Å². The predicted molar refractivity (Wildman–Crippen MR) is 93.9 cm³/mol. The van der Waals surface area contributed by atoms with Gasteiger partial charge in [0.25, 0.3) is 5.91 Å². The number of fused-ring (bicyclic) bond motifs is 1. The number of amides is 1. The second kappa shape index (κ2) is 6.93. The second-order valence-corrected chi connectivity index (χ2v) is 6.14. The van der Waals surface area contributed by atoms with E-state index in [1.165, 1.54) is 6.07 Å². The molecule has 0 saturated carbocycles. The van der Waals surface area contributed by atoms with Gasteiger partial charge in [-0.15, -0.1) is 0 Å². The minimum absolute atomic E-state index is 0.0282. The van der Waals surface area contributed by atoms with E-state index < -0.39 is 0 Å². The Kier molecular flexibility index (Phi) is 4.70. The number of nitrogens with one attached hydrogen (secondary N) is 1. The summed E-state index contributed by atoms with van der Waals surface area (Å²) >= 11 is 0. The number of rotatable bonds is 5. The van der Waals surface area contributed by atoms with E-state index in [4.69, 9.17) is 8.94 Å². The quantitative estimate of drug-likeness (QED) is 0.722. The molecule has 0 fully saturated rings. The van der Waals surface area contributed by atoms with Crippen LogP contribution in [-0.2, 0) is 6.42 Å². The van der Waals surface area contributed by atoms with Crippen molar-refractivity contribution in [3.8, 4) is 0 Å². The van der Waals surface area contributed by atoms with Gasteiger partial charge in [0.15, 0.2) is 11.2 Å². The number of hydrogen-bond acceptors (Lipinski definition) is 5. The summed E-state index contributed by atoms with van der Waals surface area (Å²) < 4.78 is 10.7. The molecule has 0 radical (unpaired) electrons. The lowest BCUT2D eigenvalue weighted by Crippen LogP contribution is -2.25. The summed E-state index contributed by atoms with van der Waals surface area (Å²) in [5.41, 5.74) is 3.12. The third kappa shape index (κ3) is 3.63. The summed E-state index contributed by atoms with van der Waals surface area (Å²) in [6.07, 6.45) is 1.51. The Balaban J connectivity index is 1.65. The van der Waals surface area contributed by atoms with Gasteiger partial charge in [-0.3, -0.25) is 9.59 Å². The third-order valence-electron chi connectivity index (χ3n) is 4.18. The van der Waals surface area contributed by atoms with Crippen LogP contribution >= 0.6 is 0 Å². The van der Waals surface area contributed by atoms with E-state index >= 15 is 0 Å². The highest BCUT2D eigenvalue weighted by Crippen LogP contribution is 2.15. The Hall–Kier alpha value is -2.89. The molecule has 130 valence electrons. The first-order valence-corrected chi connectivity index (χ1v) is 8.20. The zero-order valence-corrected chi connectivity index (χ0v) is 14.5. The van der Waals surface area contributed by atoms with Crippen LogP contribution in [0.1, 0.15) is 39.6 Å². The molecule has 6 heteroatoms. The van der Waals surface area contributed by atoms with Gasteiger partial charge in [-0.1, -0.05) is 11.2 Å². The van der Waals surface area contributed by atoms with E-state index in [9.17, 15) is 9.59 Å². The second-order valence-electron chi connectivity index (χ2n) is 6.14. The van der Waals surface area contributed by atoms with Crippen molar-refractivity contribution < 1.29 is 13.7 Å². The van der Waals surface area contributed by atoms with Crippen LogP contribution in [0.5, 0.6) is 0 Å². The Morgan fingerprint density at radius 1 is 1.20 bits per heavy atom. The molecule has 0 spiro atoms. The van der Waals surface area contributed by atoms with E-state index in [0.717, 1.165) is 35.4 Å². The maximum absolute atomic E-state index is 12.2. The third-order valence-corrected chi connectivity index (χ3v) is 4.18. The summed E-state index contributed by atoms with van der Waals surface area (Å²) in [6, 6.07) is 6.54. The van der Waals surface area contributed by atoms with Gasteiger partial charge in [0, 0.05) is 18.2 Å². The lowest BCUT2D eigenvalue weighted by molar-refractivity contribution is 0.0926. The zero-order valence-electron chi connectivity index (χ0n) is 14.5. The minimum Gasteiger partial charge on any atom is -0.451 e. The highest BCUT2D eigenvalue weighted by Gasteiger charge is 2.13. The minimum atomic E-state index is -0.390. The van der Waals surface area contributed by atoms with Crippen LogP contribution in [0.3, 0.4) is 0 Å². The van der Waals surface area contributed by atoms with Crippen molar-refractivity contribution in [3.05, 3.63) is 62.8 Å². The molecule has 0 aliphatic heterocycles. The molecule has 1 N–H and O–H groups in total. The normalized spacial score (nSPS) is 11.0. The molecule has 0 aliphatic rings. The SMILES string of the molecule is Cc1ccc2c(=O)cc(C(=O)NCCCc3c(C)noc3C)oc2c1. The molecule has 6 nitrogen and oxygen atoms in total. The summed E-state index contributed by atoms with van der Waals surface area (Å²) in [7, 11) is 0. The first-order valence-electron chi connectivity index (χ1n) is 8.20. The van der Waals surface area contributed by atoms with Crippen LogP contribution in [0.25, 0.3) is 11.0 Å². The van der Waals surface area contributed by atoms with Crippen LogP contribution in [0.4, 0.5) is 0 Å². The molecule has 0 saturated heterocycles. The van der Waals surface area contributed by atoms with Crippen LogP contribution in [-0.4, -0.2) is 17.6 Å². The average Bonchev–Trinajstić information content (AvgIpc) is 2.89. The number of nitrogens with zero attached hydrogens (tertiary/aromatic N) is 1. The molecule has 1 amide bonds. The van der Waals surface area contributed by atoms with E-state index in [0.29, 0.717) is 17.5 Å². The van der Waals surface area contributed by atoms with Crippen molar-refractivity contribution in [3.63, 3.8) is 0 Å². The topological polar surface area (TPSA) is 85.3 Å². The summed E-state index contributed by atoms with van der Waals surface area (Å²) in [5.74, 6) is 0.444. The van der Waals surface area contributed by atoms with Gasteiger partial charge in [0.05, 0.1) is 11.1 Å². The molecule has 0 unspecified atom stereocenters. The van der Waals surface area contributed by atoms with E-state index in [1.807, 2.05) is 26.8 Å². The van der Waals surface area contributed by atoms with Gasteiger partial charge in [0.1, 0.15) is 11.3 Å². The smallest absolute Gasteiger partial charge is 0.287 e. The number of aromatic nitrogens is 1. The van der Waals surface area contributed by atoms with Crippen molar-refractivity contribution >= 4 is 16.9 Å². The molecule has 0 bridgehead atoms. The van der Waals surface area contributed by atoms with Gasteiger partial charge in [-0.25, -0.2) is 0 Å². The summed E-state index contributed by atoms with van der Waals surface area (Å²) in [5, 5.41) is 7.17. The first kappa shape index (κ1) is 17.0. The fraction of sp³-hybridized carbons (Fsp3) is 0.316. The Bertz CT molecular complexity index is 965. The van der Waals surface area contributed by atoms with Crippen molar-refractivity contribution in [2.24, 2.45) is 0 Å². The molecular formula is C19H20N2O4. The molecular weight excluding hydrogens is 320 g/mol. The van der Waals surface area contributed by atoms with Crippen LogP contribution in [0, 0.1) is 20.8 Å². The zero-order chi connectivity index (χ0) is 18.0. The average molecular weight is 340 g/mol. The maximum Gasteiger partial charge on any atom is 0.287 e.